The van der Waals surface area contributed by atoms with Crippen LogP contribution < -0.4 is 10.6 Å². The van der Waals surface area contributed by atoms with Gasteiger partial charge in [-0.05, 0) is 50.3 Å². The van der Waals surface area contributed by atoms with E-state index in [4.69, 9.17) is 0 Å². The Balaban J connectivity index is 1.59. The number of thioether (sulfide) groups is 1. The summed E-state index contributed by atoms with van der Waals surface area (Å²) in [6.45, 7) is 0.670. The summed E-state index contributed by atoms with van der Waals surface area (Å²) in [4.78, 5) is 25.0. The molecule has 0 radical (unpaired) electrons. The molecule has 0 aromatic heterocycles. The predicted octanol–water partition coefficient (Wildman–Crippen LogP) is 3.74. The Morgan fingerprint density at radius 3 is 3.00 bits per heavy atom. The van der Waals surface area contributed by atoms with Gasteiger partial charge in [0, 0.05) is 29.2 Å². The van der Waals surface area contributed by atoms with Gasteiger partial charge < -0.3 is 10.6 Å². The van der Waals surface area contributed by atoms with E-state index >= 15 is 0 Å². The molecule has 1 aliphatic carbocycles. The maximum atomic E-state index is 12.3. The number of nitrogens with one attached hydrogen (secondary N) is 2. The molecule has 2 aliphatic rings. The van der Waals surface area contributed by atoms with Gasteiger partial charge in [-0.2, -0.15) is 0 Å². The number of hydrogen-bond donors (Lipinski definition) is 2. The lowest BCUT2D eigenvalue weighted by Crippen LogP contribution is -2.25. The summed E-state index contributed by atoms with van der Waals surface area (Å²) in [5, 5.41) is 5.86. The lowest BCUT2D eigenvalue weighted by molar-refractivity contribution is -0.115. The van der Waals surface area contributed by atoms with Gasteiger partial charge in [0.1, 0.15) is 0 Å². The minimum absolute atomic E-state index is 0.0121. The van der Waals surface area contributed by atoms with Gasteiger partial charge in [0.25, 0.3) is 5.91 Å². The van der Waals surface area contributed by atoms with Crippen molar-refractivity contribution in [2.45, 2.75) is 43.4 Å². The number of benzene rings is 1. The standard InChI is InChI=1S/C18H22N2O2S/c21-17-9-11-23-16-7-6-14(12-15(16)20-17)18(22)19-10-8-13-4-2-1-3-5-13/h4,6-7,12H,1-3,5,8-11H2,(H,19,22)(H,20,21). The summed E-state index contributed by atoms with van der Waals surface area (Å²) in [6, 6.07) is 5.53. The van der Waals surface area contributed by atoms with E-state index in [2.05, 4.69) is 16.7 Å². The molecule has 1 aromatic carbocycles. The van der Waals surface area contributed by atoms with Crippen LogP contribution in [-0.2, 0) is 4.79 Å². The zero-order chi connectivity index (χ0) is 16.1. The van der Waals surface area contributed by atoms with E-state index < -0.39 is 0 Å². The van der Waals surface area contributed by atoms with Crippen LogP contribution in [0.4, 0.5) is 5.69 Å². The predicted molar refractivity (Wildman–Crippen MR) is 93.9 cm³/mol. The van der Waals surface area contributed by atoms with Crippen LogP contribution in [0.15, 0.2) is 34.7 Å². The van der Waals surface area contributed by atoms with Crippen LogP contribution in [0.1, 0.15) is 48.9 Å². The maximum absolute atomic E-state index is 12.3. The number of fused-ring (bicyclic) bond motifs is 1. The molecule has 122 valence electrons. The van der Waals surface area contributed by atoms with Gasteiger partial charge in [0.2, 0.25) is 5.91 Å². The summed E-state index contributed by atoms with van der Waals surface area (Å²) in [7, 11) is 0. The molecule has 2 amide bonds. The summed E-state index contributed by atoms with van der Waals surface area (Å²) in [5.41, 5.74) is 2.81. The highest BCUT2D eigenvalue weighted by molar-refractivity contribution is 7.99. The van der Waals surface area contributed by atoms with Crippen LogP contribution in [0.2, 0.25) is 0 Å². The number of hydrogen-bond acceptors (Lipinski definition) is 3. The number of allylic oxidation sites excluding steroid dienone is 1. The highest BCUT2D eigenvalue weighted by Crippen LogP contribution is 2.31. The van der Waals surface area contributed by atoms with Crippen molar-refractivity contribution in [1.82, 2.24) is 5.32 Å². The summed E-state index contributed by atoms with van der Waals surface area (Å²) in [5.74, 6) is 0.713. The van der Waals surface area contributed by atoms with Crippen LogP contribution in [-0.4, -0.2) is 24.1 Å². The molecule has 2 N–H and O–H groups in total. The van der Waals surface area contributed by atoms with Crippen molar-refractivity contribution >= 4 is 29.3 Å². The van der Waals surface area contributed by atoms with Gasteiger partial charge in [-0.3, -0.25) is 9.59 Å². The minimum atomic E-state index is -0.0762. The molecule has 0 unspecified atom stereocenters. The molecule has 0 spiro atoms. The van der Waals surface area contributed by atoms with E-state index in [1.54, 1.807) is 17.8 Å². The van der Waals surface area contributed by atoms with Crippen LogP contribution in [0.5, 0.6) is 0 Å². The number of amides is 2. The van der Waals surface area contributed by atoms with E-state index in [9.17, 15) is 9.59 Å². The number of carbonyl (C=O) groups excluding carboxylic acids is 2. The fourth-order valence-corrected chi connectivity index (χ4v) is 3.87. The van der Waals surface area contributed by atoms with Crippen molar-refractivity contribution < 1.29 is 9.59 Å². The molecule has 23 heavy (non-hydrogen) atoms. The van der Waals surface area contributed by atoms with Gasteiger partial charge >= 0.3 is 0 Å². The quantitative estimate of drug-likeness (QED) is 0.827. The lowest BCUT2D eigenvalue weighted by Gasteiger charge is -2.13. The molecule has 1 heterocycles. The molecule has 1 aromatic rings. The van der Waals surface area contributed by atoms with Gasteiger partial charge in [0.15, 0.2) is 0 Å². The topological polar surface area (TPSA) is 58.2 Å². The van der Waals surface area contributed by atoms with Gasteiger partial charge in [-0.1, -0.05) is 11.6 Å². The fourth-order valence-electron chi connectivity index (χ4n) is 2.93. The molecule has 1 aliphatic heterocycles. The van der Waals surface area contributed by atoms with E-state index in [-0.39, 0.29) is 11.8 Å². The number of anilines is 1. The second-order valence-electron chi connectivity index (χ2n) is 5.97. The molecule has 0 saturated carbocycles. The zero-order valence-electron chi connectivity index (χ0n) is 13.2. The molecule has 0 fully saturated rings. The fraction of sp³-hybridized carbons (Fsp3) is 0.444. The maximum Gasteiger partial charge on any atom is 0.251 e. The highest BCUT2D eigenvalue weighted by Gasteiger charge is 2.15. The van der Waals surface area contributed by atoms with Crippen molar-refractivity contribution in [2.24, 2.45) is 0 Å². The Bertz CT molecular complexity index is 640. The smallest absolute Gasteiger partial charge is 0.251 e. The summed E-state index contributed by atoms with van der Waals surface area (Å²) < 4.78 is 0. The van der Waals surface area contributed by atoms with E-state index in [1.165, 1.54) is 24.8 Å². The van der Waals surface area contributed by atoms with E-state index in [1.807, 2.05) is 12.1 Å². The number of rotatable bonds is 4. The minimum Gasteiger partial charge on any atom is -0.352 e. The molecular formula is C18H22N2O2S. The third kappa shape index (κ3) is 4.38. The van der Waals surface area contributed by atoms with Gasteiger partial charge in [-0.25, -0.2) is 0 Å². The summed E-state index contributed by atoms with van der Waals surface area (Å²) in [6.07, 6.45) is 8.64. The average Bonchev–Trinajstić information content (AvgIpc) is 2.75. The molecule has 3 rings (SSSR count). The first kappa shape index (κ1) is 16.1. The van der Waals surface area contributed by atoms with Crippen molar-refractivity contribution in [3.8, 4) is 0 Å². The normalized spacial score (nSPS) is 17.6. The summed E-state index contributed by atoms with van der Waals surface area (Å²) >= 11 is 1.65. The van der Waals surface area contributed by atoms with Crippen molar-refractivity contribution in [2.75, 3.05) is 17.6 Å². The Hall–Kier alpha value is -1.75. The molecule has 0 saturated heterocycles. The first-order valence-electron chi connectivity index (χ1n) is 8.25. The van der Waals surface area contributed by atoms with Crippen LogP contribution in [0.3, 0.4) is 0 Å². The zero-order valence-corrected chi connectivity index (χ0v) is 14.0. The number of carbonyl (C=O) groups is 2. The van der Waals surface area contributed by atoms with Crippen LogP contribution in [0.25, 0.3) is 0 Å². The largest absolute Gasteiger partial charge is 0.352 e. The Kier molecular flexibility index (Phi) is 5.39. The average molecular weight is 330 g/mol. The SMILES string of the molecule is O=C1CCSc2ccc(C(=O)NCCC3=CCCCC3)cc2N1. The Morgan fingerprint density at radius 2 is 2.17 bits per heavy atom. The second-order valence-corrected chi connectivity index (χ2v) is 7.11. The molecule has 0 atom stereocenters. The Morgan fingerprint density at radius 1 is 1.26 bits per heavy atom. The lowest BCUT2D eigenvalue weighted by atomic mass is 9.97. The monoisotopic (exact) mass is 330 g/mol. The molecule has 4 nitrogen and oxygen atoms in total. The third-order valence-electron chi connectivity index (χ3n) is 4.22. The first-order chi connectivity index (χ1) is 11.2. The van der Waals surface area contributed by atoms with Crippen molar-refractivity contribution in [3.05, 3.63) is 35.4 Å². The van der Waals surface area contributed by atoms with E-state index in [0.717, 1.165) is 29.2 Å². The van der Waals surface area contributed by atoms with Crippen LogP contribution in [0, 0.1) is 0 Å². The van der Waals surface area contributed by atoms with Crippen molar-refractivity contribution in [1.29, 1.82) is 0 Å². The third-order valence-corrected chi connectivity index (χ3v) is 5.29. The van der Waals surface area contributed by atoms with Gasteiger partial charge in [0.05, 0.1) is 5.69 Å². The first-order valence-corrected chi connectivity index (χ1v) is 9.24. The molecule has 0 bridgehead atoms. The molecule has 5 heteroatoms. The van der Waals surface area contributed by atoms with Gasteiger partial charge in [-0.15, -0.1) is 11.8 Å². The van der Waals surface area contributed by atoms with E-state index in [0.29, 0.717) is 18.5 Å². The Labute approximate surface area is 141 Å². The second kappa shape index (κ2) is 7.68. The highest BCUT2D eigenvalue weighted by atomic mass is 32.2. The van der Waals surface area contributed by atoms with Crippen molar-refractivity contribution in [3.63, 3.8) is 0 Å². The van der Waals surface area contributed by atoms with Crippen LogP contribution >= 0.6 is 11.8 Å². The molecular weight excluding hydrogens is 308 g/mol.